The van der Waals surface area contributed by atoms with Gasteiger partial charge in [-0.1, -0.05) is 6.92 Å². The van der Waals surface area contributed by atoms with Crippen LogP contribution in [0.1, 0.15) is 25.6 Å². The van der Waals surface area contributed by atoms with Gasteiger partial charge in [0.05, 0.1) is 6.54 Å². The second-order valence-corrected chi connectivity index (χ2v) is 3.44. The highest BCUT2D eigenvalue weighted by atomic mass is 16.5. The van der Waals surface area contributed by atoms with Crippen LogP contribution in [0.3, 0.4) is 0 Å². The van der Waals surface area contributed by atoms with E-state index in [9.17, 15) is 0 Å². The van der Waals surface area contributed by atoms with E-state index in [1.54, 1.807) is 11.0 Å². The summed E-state index contributed by atoms with van der Waals surface area (Å²) in [6.45, 7) is 5.54. The van der Waals surface area contributed by atoms with E-state index in [1.165, 1.54) is 0 Å². The van der Waals surface area contributed by atoms with Crippen molar-refractivity contribution in [3.05, 3.63) is 12.2 Å². The number of aryl methyl sites for hydroxylation is 1. The van der Waals surface area contributed by atoms with E-state index in [4.69, 9.17) is 4.74 Å². The molecule has 1 rings (SSSR count). The highest BCUT2D eigenvalue weighted by molar-refractivity contribution is 4.81. The predicted octanol–water partition coefficient (Wildman–Crippen LogP) is 0.721. The predicted molar refractivity (Wildman–Crippen MR) is 58.4 cm³/mol. The first-order chi connectivity index (χ1) is 7.34. The van der Waals surface area contributed by atoms with E-state index < -0.39 is 0 Å². The molecule has 1 aromatic rings. The summed E-state index contributed by atoms with van der Waals surface area (Å²) in [5, 5.41) is 7.30. The molecule has 1 heterocycles. The van der Waals surface area contributed by atoms with Gasteiger partial charge in [-0.05, 0) is 19.4 Å². The van der Waals surface area contributed by atoms with Crippen molar-refractivity contribution in [2.45, 2.75) is 26.3 Å². The summed E-state index contributed by atoms with van der Waals surface area (Å²) < 4.78 is 7.15. The van der Waals surface area contributed by atoms with E-state index in [0.29, 0.717) is 0 Å². The molecule has 0 radical (unpaired) electrons. The molecule has 86 valence electrons. The molecule has 0 bridgehead atoms. The van der Waals surface area contributed by atoms with Gasteiger partial charge in [-0.15, -0.1) is 0 Å². The first kappa shape index (κ1) is 12.1. The van der Waals surface area contributed by atoms with Gasteiger partial charge in [-0.3, -0.25) is 4.68 Å². The lowest BCUT2D eigenvalue weighted by molar-refractivity contribution is 0.132. The Morgan fingerprint density at radius 2 is 2.33 bits per heavy atom. The Morgan fingerprint density at radius 1 is 1.47 bits per heavy atom. The van der Waals surface area contributed by atoms with E-state index in [-0.39, 0.29) is 0 Å². The van der Waals surface area contributed by atoms with Crippen molar-refractivity contribution in [1.29, 1.82) is 0 Å². The fourth-order valence-corrected chi connectivity index (χ4v) is 1.23. The van der Waals surface area contributed by atoms with Crippen LogP contribution >= 0.6 is 0 Å². The molecule has 0 spiro atoms. The Labute approximate surface area is 90.8 Å². The highest BCUT2D eigenvalue weighted by Crippen LogP contribution is 1.90. The van der Waals surface area contributed by atoms with Crippen LogP contribution in [0.5, 0.6) is 0 Å². The van der Waals surface area contributed by atoms with Crippen LogP contribution in [0.15, 0.2) is 6.33 Å². The fraction of sp³-hybridized carbons (Fsp3) is 0.800. The molecule has 15 heavy (non-hydrogen) atoms. The lowest BCUT2D eigenvalue weighted by Crippen LogP contribution is -2.19. The van der Waals surface area contributed by atoms with Crippen molar-refractivity contribution < 1.29 is 4.74 Å². The van der Waals surface area contributed by atoms with Crippen molar-refractivity contribution in [1.82, 2.24) is 20.1 Å². The van der Waals surface area contributed by atoms with Crippen LogP contribution in [0.4, 0.5) is 0 Å². The van der Waals surface area contributed by atoms with E-state index >= 15 is 0 Å². The standard InChI is InChI=1S/C10H20N4O/c1-3-6-15-7-4-5-11-8-10-12-9-13-14(10)2/h9,11H,3-8H2,1-2H3. The zero-order valence-electron chi connectivity index (χ0n) is 9.57. The van der Waals surface area contributed by atoms with Crippen molar-refractivity contribution in [2.24, 2.45) is 7.05 Å². The minimum atomic E-state index is 0.768. The van der Waals surface area contributed by atoms with E-state index in [2.05, 4.69) is 22.3 Å². The SMILES string of the molecule is CCCOCCCNCc1ncnn1C. The maximum absolute atomic E-state index is 5.37. The molecule has 5 heteroatoms. The molecule has 0 atom stereocenters. The summed E-state index contributed by atoms with van der Waals surface area (Å²) in [5.41, 5.74) is 0. The zero-order valence-corrected chi connectivity index (χ0v) is 9.57. The highest BCUT2D eigenvalue weighted by Gasteiger charge is 1.98. The number of hydrogen-bond acceptors (Lipinski definition) is 4. The smallest absolute Gasteiger partial charge is 0.140 e. The Bertz CT molecular complexity index is 262. The average Bonchev–Trinajstić information content (AvgIpc) is 2.63. The topological polar surface area (TPSA) is 52.0 Å². The van der Waals surface area contributed by atoms with Gasteiger partial charge in [0.25, 0.3) is 0 Å². The van der Waals surface area contributed by atoms with Gasteiger partial charge in [-0.25, -0.2) is 4.98 Å². The first-order valence-corrected chi connectivity index (χ1v) is 5.46. The molecule has 0 saturated carbocycles. The fourth-order valence-electron chi connectivity index (χ4n) is 1.23. The Balaban J connectivity index is 1.96. The summed E-state index contributed by atoms with van der Waals surface area (Å²) in [6.07, 6.45) is 3.70. The maximum Gasteiger partial charge on any atom is 0.140 e. The molecule has 0 saturated heterocycles. The zero-order chi connectivity index (χ0) is 10.9. The molecule has 0 aromatic carbocycles. The monoisotopic (exact) mass is 212 g/mol. The van der Waals surface area contributed by atoms with Gasteiger partial charge in [-0.2, -0.15) is 5.10 Å². The number of hydrogen-bond donors (Lipinski definition) is 1. The number of nitrogens with zero attached hydrogens (tertiary/aromatic N) is 3. The largest absolute Gasteiger partial charge is 0.381 e. The molecule has 1 aromatic heterocycles. The first-order valence-electron chi connectivity index (χ1n) is 5.46. The molecule has 0 aliphatic heterocycles. The Kier molecular flexibility index (Phi) is 5.96. The van der Waals surface area contributed by atoms with Crippen LogP contribution in [-0.4, -0.2) is 34.5 Å². The van der Waals surface area contributed by atoms with Gasteiger partial charge in [0.2, 0.25) is 0 Å². The Hall–Kier alpha value is -0.940. The second kappa shape index (κ2) is 7.36. The van der Waals surface area contributed by atoms with Crippen LogP contribution in [0, 0.1) is 0 Å². The minimum absolute atomic E-state index is 0.768. The van der Waals surface area contributed by atoms with Crippen LogP contribution in [0.25, 0.3) is 0 Å². The van der Waals surface area contributed by atoms with Crippen LogP contribution in [0.2, 0.25) is 0 Å². The number of nitrogens with one attached hydrogen (secondary N) is 1. The molecule has 5 nitrogen and oxygen atoms in total. The summed E-state index contributed by atoms with van der Waals surface area (Å²) in [7, 11) is 1.90. The summed E-state index contributed by atoms with van der Waals surface area (Å²) in [6, 6.07) is 0. The molecule has 1 N–H and O–H groups in total. The van der Waals surface area contributed by atoms with E-state index in [0.717, 1.165) is 45.0 Å². The second-order valence-electron chi connectivity index (χ2n) is 3.44. The minimum Gasteiger partial charge on any atom is -0.381 e. The van der Waals surface area contributed by atoms with Crippen molar-refractivity contribution in [2.75, 3.05) is 19.8 Å². The van der Waals surface area contributed by atoms with Gasteiger partial charge in [0, 0.05) is 20.3 Å². The van der Waals surface area contributed by atoms with Gasteiger partial charge in [0.15, 0.2) is 0 Å². The molecule has 0 amide bonds. The van der Waals surface area contributed by atoms with Crippen LogP contribution in [-0.2, 0) is 18.3 Å². The summed E-state index contributed by atoms with van der Waals surface area (Å²) in [5.74, 6) is 0.962. The Morgan fingerprint density at radius 3 is 3.00 bits per heavy atom. The molecule has 0 aliphatic rings. The number of aromatic nitrogens is 3. The molecule has 0 aliphatic carbocycles. The maximum atomic E-state index is 5.37. The van der Waals surface area contributed by atoms with E-state index in [1.807, 2.05) is 7.05 Å². The number of ether oxygens (including phenoxy) is 1. The third-order valence-electron chi connectivity index (χ3n) is 2.08. The van der Waals surface area contributed by atoms with Crippen molar-refractivity contribution >= 4 is 0 Å². The lowest BCUT2D eigenvalue weighted by atomic mass is 10.4. The van der Waals surface area contributed by atoms with Gasteiger partial charge >= 0.3 is 0 Å². The molecule has 0 unspecified atom stereocenters. The normalized spacial score (nSPS) is 10.8. The lowest BCUT2D eigenvalue weighted by Gasteiger charge is -2.04. The average molecular weight is 212 g/mol. The van der Waals surface area contributed by atoms with Crippen molar-refractivity contribution in [3.8, 4) is 0 Å². The molecular formula is C10H20N4O. The number of rotatable bonds is 8. The van der Waals surface area contributed by atoms with Gasteiger partial charge < -0.3 is 10.1 Å². The quantitative estimate of drug-likeness (QED) is 0.645. The third-order valence-corrected chi connectivity index (χ3v) is 2.08. The molecular weight excluding hydrogens is 192 g/mol. The summed E-state index contributed by atoms with van der Waals surface area (Å²) in [4.78, 5) is 4.12. The third kappa shape index (κ3) is 4.90. The molecule has 0 fully saturated rings. The van der Waals surface area contributed by atoms with Crippen LogP contribution < -0.4 is 5.32 Å². The van der Waals surface area contributed by atoms with Gasteiger partial charge in [0.1, 0.15) is 12.2 Å². The summed E-state index contributed by atoms with van der Waals surface area (Å²) >= 11 is 0. The van der Waals surface area contributed by atoms with Crippen molar-refractivity contribution in [3.63, 3.8) is 0 Å².